The summed E-state index contributed by atoms with van der Waals surface area (Å²) in [5.74, 6) is 0.159. The van der Waals surface area contributed by atoms with Crippen LogP contribution in [0.25, 0.3) is 0 Å². The predicted molar refractivity (Wildman–Crippen MR) is 110 cm³/mol. The summed E-state index contributed by atoms with van der Waals surface area (Å²) in [4.78, 5) is -0.146. The van der Waals surface area contributed by atoms with Crippen molar-refractivity contribution in [2.75, 3.05) is 28.4 Å². The summed E-state index contributed by atoms with van der Waals surface area (Å²) in [6.45, 7) is 2.07. The number of ether oxygens (including phenoxy) is 1. The summed E-state index contributed by atoms with van der Waals surface area (Å²) in [5.41, 5.74) is 1.33. The number of halogens is 1. The van der Waals surface area contributed by atoms with Gasteiger partial charge >= 0.3 is 0 Å². The van der Waals surface area contributed by atoms with Crippen molar-refractivity contribution in [1.82, 2.24) is 0 Å². The Labute approximate surface area is 170 Å². The topological polar surface area (TPSA) is 92.8 Å². The van der Waals surface area contributed by atoms with Crippen molar-refractivity contribution < 1.29 is 21.6 Å². The Morgan fingerprint density at radius 2 is 1.89 bits per heavy atom. The van der Waals surface area contributed by atoms with Crippen LogP contribution in [0.1, 0.15) is 18.4 Å². The molecule has 0 aromatic heterocycles. The SMILES string of the molecule is COc1ccc(N2CCCCS2(=O)=O)cc1S(=O)(=O)Nc1cc(Cl)ccc1C. The first-order valence-electron chi connectivity index (χ1n) is 8.61. The number of sulfonamides is 2. The number of methoxy groups -OCH3 is 1. The molecule has 1 heterocycles. The Morgan fingerprint density at radius 3 is 2.57 bits per heavy atom. The lowest BCUT2D eigenvalue weighted by atomic mass is 10.2. The van der Waals surface area contributed by atoms with Gasteiger partial charge in [0.25, 0.3) is 10.0 Å². The second kappa shape index (κ2) is 7.81. The average molecular weight is 445 g/mol. The zero-order valence-electron chi connectivity index (χ0n) is 15.5. The Balaban J connectivity index is 2.05. The van der Waals surface area contributed by atoms with Crippen molar-refractivity contribution >= 4 is 43.0 Å². The summed E-state index contributed by atoms with van der Waals surface area (Å²) < 4.78 is 59.8. The van der Waals surface area contributed by atoms with Crippen LogP contribution in [0, 0.1) is 6.92 Å². The number of nitrogens with zero attached hydrogens (tertiary/aromatic N) is 1. The van der Waals surface area contributed by atoms with Crippen LogP contribution < -0.4 is 13.8 Å². The highest BCUT2D eigenvalue weighted by Crippen LogP contribution is 2.33. The Kier molecular flexibility index (Phi) is 5.79. The summed E-state index contributed by atoms with van der Waals surface area (Å²) in [7, 11) is -6.16. The van der Waals surface area contributed by atoms with Gasteiger partial charge in [0.1, 0.15) is 10.6 Å². The highest BCUT2D eigenvalue weighted by molar-refractivity contribution is 7.93. The van der Waals surface area contributed by atoms with Crippen molar-refractivity contribution in [3.8, 4) is 5.75 Å². The first-order chi connectivity index (χ1) is 13.1. The average Bonchev–Trinajstić information content (AvgIpc) is 2.64. The third kappa shape index (κ3) is 4.21. The minimum Gasteiger partial charge on any atom is -0.495 e. The van der Waals surface area contributed by atoms with Gasteiger partial charge in [0.2, 0.25) is 10.0 Å². The zero-order valence-corrected chi connectivity index (χ0v) is 17.9. The van der Waals surface area contributed by atoms with E-state index in [1.165, 1.54) is 29.6 Å². The summed E-state index contributed by atoms with van der Waals surface area (Å²) in [5, 5.41) is 0.392. The van der Waals surface area contributed by atoms with Crippen LogP contribution in [-0.2, 0) is 20.0 Å². The van der Waals surface area contributed by atoms with Crippen LogP contribution in [0.2, 0.25) is 5.02 Å². The van der Waals surface area contributed by atoms with E-state index in [-0.39, 0.29) is 16.4 Å². The minimum atomic E-state index is -4.05. The van der Waals surface area contributed by atoms with Crippen molar-refractivity contribution in [3.63, 3.8) is 0 Å². The van der Waals surface area contributed by atoms with E-state index in [0.29, 0.717) is 41.3 Å². The van der Waals surface area contributed by atoms with Gasteiger partial charge in [-0.25, -0.2) is 16.8 Å². The molecule has 7 nitrogen and oxygen atoms in total. The molecule has 1 N–H and O–H groups in total. The van der Waals surface area contributed by atoms with Gasteiger partial charge in [0, 0.05) is 11.6 Å². The van der Waals surface area contributed by atoms with Gasteiger partial charge < -0.3 is 4.74 Å². The third-order valence-electron chi connectivity index (χ3n) is 4.52. The lowest BCUT2D eigenvalue weighted by Crippen LogP contribution is -2.37. The fraction of sp³-hybridized carbons (Fsp3) is 0.333. The second-order valence-electron chi connectivity index (χ2n) is 6.50. The summed E-state index contributed by atoms with van der Waals surface area (Å²) in [6, 6.07) is 9.21. The fourth-order valence-electron chi connectivity index (χ4n) is 3.01. The Hall–Kier alpha value is -1.97. The van der Waals surface area contributed by atoms with Gasteiger partial charge in [0.15, 0.2) is 0 Å². The molecule has 0 atom stereocenters. The number of aryl methyl sites for hydroxylation is 1. The van der Waals surface area contributed by atoms with E-state index in [9.17, 15) is 16.8 Å². The monoisotopic (exact) mass is 444 g/mol. The molecule has 0 saturated carbocycles. The highest BCUT2D eigenvalue weighted by Gasteiger charge is 2.29. The number of anilines is 2. The smallest absolute Gasteiger partial charge is 0.265 e. The fourth-order valence-corrected chi connectivity index (χ4v) is 6.13. The number of benzene rings is 2. The van der Waals surface area contributed by atoms with Gasteiger partial charge in [-0.15, -0.1) is 0 Å². The van der Waals surface area contributed by atoms with Crippen LogP contribution >= 0.6 is 11.6 Å². The largest absolute Gasteiger partial charge is 0.495 e. The molecule has 28 heavy (non-hydrogen) atoms. The second-order valence-corrected chi connectivity index (χ2v) is 10.6. The number of rotatable bonds is 5. The molecule has 1 saturated heterocycles. The molecule has 0 aliphatic carbocycles. The first-order valence-corrected chi connectivity index (χ1v) is 12.1. The predicted octanol–water partition coefficient (Wildman–Crippen LogP) is 3.39. The number of hydrogen-bond acceptors (Lipinski definition) is 5. The first kappa shape index (κ1) is 20.8. The molecule has 1 aliphatic rings. The van der Waals surface area contributed by atoms with E-state index in [0.717, 1.165) is 0 Å². The molecule has 152 valence electrons. The molecule has 10 heteroatoms. The highest BCUT2D eigenvalue weighted by atomic mass is 35.5. The van der Waals surface area contributed by atoms with Crippen molar-refractivity contribution in [2.24, 2.45) is 0 Å². The molecule has 1 fully saturated rings. The lowest BCUT2D eigenvalue weighted by molar-refractivity contribution is 0.403. The van der Waals surface area contributed by atoms with Crippen LogP contribution in [0.4, 0.5) is 11.4 Å². The van der Waals surface area contributed by atoms with Gasteiger partial charge in [-0.05, 0) is 55.7 Å². The molecule has 0 spiro atoms. The molecule has 0 radical (unpaired) electrons. The summed E-state index contributed by atoms with van der Waals surface area (Å²) >= 11 is 5.98. The number of hydrogen-bond donors (Lipinski definition) is 1. The van der Waals surface area contributed by atoms with E-state index in [4.69, 9.17) is 16.3 Å². The zero-order chi connectivity index (χ0) is 20.5. The molecule has 3 rings (SSSR count). The Bertz CT molecular complexity index is 1100. The molecule has 2 aromatic carbocycles. The van der Waals surface area contributed by atoms with Crippen molar-refractivity contribution in [2.45, 2.75) is 24.7 Å². The van der Waals surface area contributed by atoms with E-state index in [2.05, 4.69) is 4.72 Å². The molecule has 0 amide bonds. The van der Waals surface area contributed by atoms with Crippen LogP contribution in [0.3, 0.4) is 0 Å². The quantitative estimate of drug-likeness (QED) is 0.763. The summed E-state index contributed by atoms with van der Waals surface area (Å²) in [6.07, 6.45) is 1.31. The van der Waals surface area contributed by atoms with Gasteiger partial charge in [-0.3, -0.25) is 9.03 Å². The van der Waals surface area contributed by atoms with E-state index >= 15 is 0 Å². The standard InChI is InChI=1S/C18H21ClN2O5S2/c1-13-5-6-14(19)11-16(13)20-28(24,25)18-12-15(7-8-17(18)26-2)21-9-3-4-10-27(21,22)23/h5-8,11-12,20H,3-4,9-10H2,1-2H3. The number of nitrogens with one attached hydrogen (secondary N) is 1. The molecule has 0 unspecified atom stereocenters. The van der Waals surface area contributed by atoms with E-state index in [1.807, 2.05) is 0 Å². The van der Waals surface area contributed by atoms with Crippen LogP contribution in [0.5, 0.6) is 5.75 Å². The minimum absolute atomic E-state index is 0.0427. The van der Waals surface area contributed by atoms with E-state index in [1.54, 1.807) is 25.1 Å². The Morgan fingerprint density at radius 1 is 1.14 bits per heavy atom. The van der Waals surface area contributed by atoms with Gasteiger partial charge in [0.05, 0.1) is 24.2 Å². The van der Waals surface area contributed by atoms with Gasteiger partial charge in [-0.2, -0.15) is 0 Å². The van der Waals surface area contributed by atoms with Crippen LogP contribution in [-0.4, -0.2) is 36.2 Å². The normalized spacial score (nSPS) is 16.6. The molecular weight excluding hydrogens is 424 g/mol. The maximum absolute atomic E-state index is 13.0. The third-order valence-corrected chi connectivity index (χ3v) is 8.01. The van der Waals surface area contributed by atoms with Crippen molar-refractivity contribution in [1.29, 1.82) is 0 Å². The molecule has 1 aliphatic heterocycles. The van der Waals surface area contributed by atoms with Gasteiger partial charge in [-0.1, -0.05) is 17.7 Å². The maximum atomic E-state index is 13.0. The van der Waals surface area contributed by atoms with E-state index < -0.39 is 20.0 Å². The van der Waals surface area contributed by atoms with Crippen LogP contribution in [0.15, 0.2) is 41.3 Å². The van der Waals surface area contributed by atoms with Crippen molar-refractivity contribution in [3.05, 3.63) is 47.0 Å². The lowest BCUT2D eigenvalue weighted by Gasteiger charge is -2.28. The molecule has 0 bridgehead atoms. The maximum Gasteiger partial charge on any atom is 0.265 e. The molecule has 2 aromatic rings. The molecular formula is C18H21ClN2O5S2.